The van der Waals surface area contributed by atoms with Gasteiger partial charge < -0.3 is 15.8 Å². The van der Waals surface area contributed by atoms with E-state index in [0.717, 1.165) is 0 Å². The van der Waals surface area contributed by atoms with Crippen molar-refractivity contribution >= 4 is 17.6 Å². The normalized spacial score (nSPS) is 15.7. The summed E-state index contributed by atoms with van der Waals surface area (Å²) in [6.07, 6.45) is 2.37. The second-order valence-electron chi connectivity index (χ2n) is 3.96. The van der Waals surface area contributed by atoms with Crippen LogP contribution in [-0.2, 0) is 0 Å². The van der Waals surface area contributed by atoms with Gasteiger partial charge in [-0.05, 0) is 25.0 Å². The lowest BCUT2D eigenvalue weighted by Gasteiger charge is -2.06. The number of ether oxygens (including phenoxy) is 1. The van der Waals surface area contributed by atoms with Gasteiger partial charge in [-0.25, -0.2) is 4.99 Å². The molecular formula is C12H16ClN3O. The van der Waals surface area contributed by atoms with E-state index in [4.69, 9.17) is 22.1 Å². The van der Waals surface area contributed by atoms with Gasteiger partial charge in [-0.15, -0.1) is 0 Å². The van der Waals surface area contributed by atoms with Crippen molar-refractivity contribution in [3.8, 4) is 5.75 Å². The van der Waals surface area contributed by atoms with E-state index in [1.165, 1.54) is 12.8 Å². The number of rotatable bonds is 5. The summed E-state index contributed by atoms with van der Waals surface area (Å²) >= 11 is 5.94. The van der Waals surface area contributed by atoms with Gasteiger partial charge in [-0.2, -0.15) is 0 Å². The second kappa shape index (κ2) is 5.77. The highest BCUT2D eigenvalue weighted by Crippen LogP contribution is 2.22. The Bertz CT molecular complexity index is 404. The molecule has 1 fully saturated rings. The van der Waals surface area contributed by atoms with Crippen molar-refractivity contribution in [3.05, 3.63) is 29.3 Å². The van der Waals surface area contributed by atoms with Crippen molar-refractivity contribution in [2.75, 3.05) is 13.2 Å². The second-order valence-corrected chi connectivity index (χ2v) is 4.37. The quantitative estimate of drug-likeness (QED) is 0.478. The third-order valence-electron chi connectivity index (χ3n) is 2.40. The molecular weight excluding hydrogens is 238 g/mol. The van der Waals surface area contributed by atoms with Crippen LogP contribution in [0.3, 0.4) is 0 Å². The van der Waals surface area contributed by atoms with Crippen molar-refractivity contribution < 1.29 is 4.74 Å². The van der Waals surface area contributed by atoms with Crippen molar-refractivity contribution in [2.24, 2.45) is 10.7 Å². The molecule has 1 aliphatic rings. The predicted molar refractivity (Wildman–Crippen MR) is 69.6 cm³/mol. The Hall–Kier alpha value is -1.42. The van der Waals surface area contributed by atoms with Crippen LogP contribution in [0, 0.1) is 0 Å². The Morgan fingerprint density at radius 2 is 2.24 bits per heavy atom. The summed E-state index contributed by atoms with van der Waals surface area (Å²) in [5.74, 6) is 1.17. The molecule has 0 amide bonds. The summed E-state index contributed by atoms with van der Waals surface area (Å²) in [7, 11) is 0. The minimum absolute atomic E-state index is 0.469. The number of halogens is 1. The van der Waals surface area contributed by atoms with Crippen LogP contribution < -0.4 is 15.8 Å². The van der Waals surface area contributed by atoms with Gasteiger partial charge in [0.2, 0.25) is 0 Å². The molecule has 0 heterocycles. The third kappa shape index (κ3) is 4.15. The molecule has 17 heavy (non-hydrogen) atoms. The highest BCUT2D eigenvalue weighted by molar-refractivity contribution is 6.32. The van der Waals surface area contributed by atoms with Crippen molar-refractivity contribution in [1.29, 1.82) is 0 Å². The molecule has 1 saturated carbocycles. The molecule has 0 aromatic heterocycles. The van der Waals surface area contributed by atoms with Crippen LogP contribution in [0.5, 0.6) is 5.75 Å². The van der Waals surface area contributed by atoms with E-state index in [1.54, 1.807) is 6.07 Å². The van der Waals surface area contributed by atoms with Crippen LogP contribution in [0.15, 0.2) is 29.3 Å². The van der Waals surface area contributed by atoms with Crippen LogP contribution >= 0.6 is 11.6 Å². The van der Waals surface area contributed by atoms with Gasteiger partial charge in [-0.3, -0.25) is 0 Å². The van der Waals surface area contributed by atoms with Crippen molar-refractivity contribution in [1.82, 2.24) is 5.32 Å². The zero-order valence-corrected chi connectivity index (χ0v) is 10.3. The van der Waals surface area contributed by atoms with Gasteiger partial charge in [-0.1, -0.05) is 23.7 Å². The Morgan fingerprint density at radius 1 is 1.47 bits per heavy atom. The zero-order valence-electron chi connectivity index (χ0n) is 9.53. The number of nitrogens with one attached hydrogen (secondary N) is 1. The first-order valence-corrected chi connectivity index (χ1v) is 6.07. The summed E-state index contributed by atoms with van der Waals surface area (Å²) in [4.78, 5) is 4.16. The SMILES string of the molecule is NC(=NCCOc1ccccc1Cl)NC1CC1. The summed E-state index contributed by atoms with van der Waals surface area (Å²) in [5, 5.41) is 3.72. The van der Waals surface area contributed by atoms with Crippen molar-refractivity contribution in [2.45, 2.75) is 18.9 Å². The molecule has 1 aliphatic carbocycles. The lowest BCUT2D eigenvalue weighted by molar-refractivity contribution is 0.329. The smallest absolute Gasteiger partial charge is 0.188 e. The molecule has 5 heteroatoms. The molecule has 0 saturated heterocycles. The Kier molecular flexibility index (Phi) is 4.09. The minimum Gasteiger partial charge on any atom is -0.490 e. The number of nitrogens with zero attached hydrogens (tertiary/aromatic N) is 1. The molecule has 1 aromatic rings. The highest BCUT2D eigenvalue weighted by Gasteiger charge is 2.21. The van der Waals surface area contributed by atoms with Gasteiger partial charge in [0.25, 0.3) is 0 Å². The Balaban J connectivity index is 1.70. The zero-order chi connectivity index (χ0) is 12.1. The van der Waals surface area contributed by atoms with Gasteiger partial charge >= 0.3 is 0 Å². The molecule has 0 bridgehead atoms. The highest BCUT2D eigenvalue weighted by atomic mass is 35.5. The maximum absolute atomic E-state index is 5.94. The van der Waals surface area contributed by atoms with Crippen LogP contribution in [0.2, 0.25) is 5.02 Å². The maximum Gasteiger partial charge on any atom is 0.188 e. The summed E-state index contributed by atoms with van der Waals surface area (Å²) in [6, 6.07) is 7.91. The molecule has 92 valence electrons. The molecule has 0 radical (unpaired) electrons. The number of hydrogen-bond acceptors (Lipinski definition) is 2. The summed E-state index contributed by atoms with van der Waals surface area (Å²) in [6.45, 7) is 0.994. The number of para-hydroxylation sites is 1. The van der Waals surface area contributed by atoms with Crippen LogP contribution in [0.25, 0.3) is 0 Å². The van der Waals surface area contributed by atoms with E-state index in [-0.39, 0.29) is 0 Å². The summed E-state index contributed by atoms with van der Waals surface area (Å²) < 4.78 is 5.49. The van der Waals surface area contributed by atoms with Gasteiger partial charge in [0, 0.05) is 6.04 Å². The third-order valence-corrected chi connectivity index (χ3v) is 2.71. The number of aliphatic imine (C=N–C) groups is 1. The molecule has 0 unspecified atom stereocenters. The van der Waals surface area contributed by atoms with E-state index in [0.29, 0.717) is 35.9 Å². The monoisotopic (exact) mass is 253 g/mol. The Morgan fingerprint density at radius 3 is 2.94 bits per heavy atom. The van der Waals surface area contributed by atoms with E-state index < -0.39 is 0 Å². The minimum atomic E-state index is 0.469. The molecule has 2 rings (SSSR count). The molecule has 4 nitrogen and oxygen atoms in total. The molecule has 0 aliphatic heterocycles. The molecule has 0 spiro atoms. The first-order valence-electron chi connectivity index (χ1n) is 5.69. The van der Waals surface area contributed by atoms with E-state index in [1.807, 2.05) is 18.2 Å². The molecule has 0 atom stereocenters. The predicted octanol–water partition coefficient (Wildman–Crippen LogP) is 1.79. The standard InChI is InChI=1S/C12H16ClN3O/c13-10-3-1-2-4-11(10)17-8-7-15-12(14)16-9-5-6-9/h1-4,9H,5-8H2,(H3,14,15,16). The van der Waals surface area contributed by atoms with Crippen LogP contribution in [0.4, 0.5) is 0 Å². The molecule has 1 aromatic carbocycles. The van der Waals surface area contributed by atoms with Gasteiger partial charge in [0.1, 0.15) is 12.4 Å². The fourth-order valence-corrected chi connectivity index (χ4v) is 1.56. The lowest BCUT2D eigenvalue weighted by atomic mass is 10.3. The average molecular weight is 254 g/mol. The summed E-state index contributed by atoms with van der Waals surface area (Å²) in [5.41, 5.74) is 5.68. The number of hydrogen-bond donors (Lipinski definition) is 2. The van der Waals surface area contributed by atoms with Crippen LogP contribution in [-0.4, -0.2) is 25.2 Å². The average Bonchev–Trinajstić information content (AvgIpc) is 3.10. The number of guanidine groups is 1. The lowest BCUT2D eigenvalue weighted by Crippen LogP contribution is -2.33. The first kappa shape index (κ1) is 12.0. The Labute approximate surface area is 106 Å². The number of benzene rings is 1. The maximum atomic E-state index is 5.94. The van der Waals surface area contributed by atoms with E-state index in [2.05, 4.69) is 10.3 Å². The van der Waals surface area contributed by atoms with E-state index in [9.17, 15) is 0 Å². The topological polar surface area (TPSA) is 59.6 Å². The van der Waals surface area contributed by atoms with Crippen molar-refractivity contribution in [3.63, 3.8) is 0 Å². The first-order chi connectivity index (χ1) is 8.25. The van der Waals surface area contributed by atoms with E-state index >= 15 is 0 Å². The van der Waals surface area contributed by atoms with Crippen LogP contribution in [0.1, 0.15) is 12.8 Å². The fourth-order valence-electron chi connectivity index (χ4n) is 1.37. The number of nitrogens with two attached hydrogens (primary N) is 1. The molecule has 3 N–H and O–H groups in total. The van der Waals surface area contributed by atoms with Gasteiger partial charge in [0.15, 0.2) is 5.96 Å². The fraction of sp³-hybridized carbons (Fsp3) is 0.417. The van der Waals surface area contributed by atoms with Gasteiger partial charge in [0.05, 0.1) is 11.6 Å². The largest absolute Gasteiger partial charge is 0.490 e.